The number of likely N-dealkylation sites (tertiary alicyclic amines) is 1. The summed E-state index contributed by atoms with van der Waals surface area (Å²) in [5.74, 6) is -0.268. The van der Waals surface area contributed by atoms with Crippen LogP contribution in [-0.4, -0.2) is 62.3 Å². The Bertz CT molecular complexity index is 747. The molecule has 3 heterocycles. The van der Waals surface area contributed by atoms with Crippen molar-refractivity contribution in [1.82, 2.24) is 9.21 Å². The predicted molar refractivity (Wildman–Crippen MR) is 102 cm³/mol. The van der Waals surface area contributed by atoms with Crippen LogP contribution in [0.25, 0.3) is 0 Å². The Morgan fingerprint density at radius 3 is 2.41 bits per heavy atom. The molecule has 0 bridgehead atoms. The summed E-state index contributed by atoms with van der Waals surface area (Å²) in [5.41, 5.74) is 0. The first-order valence-electron chi connectivity index (χ1n) is 9.36. The summed E-state index contributed by atoms with van der Waals surface area (Å²) in [6.07, 6.45) is 2.80. The monoisotopic (exact) mass is 414 g/mol. The summed E-state index contributed by atoms with van der Waals surface area (Å²) in [6.45, 7) is 3.97. The van der Waals surface area contributed by atoms with E-state index in [-0.39, 0.29) is 31.5 Å². The highest BCUT2D eigenvalue weighted by Crippen LogP contribution is 2.27. The number of hydrogen-bond donors (Lipinski definition) is 0. The van der Waals surface area contributed by atoms with E-state index in [9.17, 15) is 18.0 Å². The molecule has 150 valence electrons. The van der Waals surface area contributed by atoms with Crippen LogP contribution in [-0.2, 0) is 24.3 Å². The number of amides is 1. The molecule has 0 radical (unpaired) electrons. The molecule has 1 amide bonds. The van der Waals surface area contributed by atoms with Gasteiger partial charge in [0.25, 0.3) is 15.9 Å². The summed E-state index contributed by atoms with van der Waals surface area (Å²) < 4.78 is 32.0. The molecule has 0 atom stereocenters. The molecule has 27 heavy (non-hydrogen) atoms. The van der Waals surface area contributed by atoms with Crippen molar-refractivity contribution in [3.05, 3.63) is 17.5 Å². The highest BCUT2D eigenvalue weighted by Gasteiger charge is 2.33. The Morgan fingerprint density at radius 1 is 1.15 bits per heavy atom. The average molecular weight is 415 g/mol. The number of nitrogens with zero attached hydrogens (tertiary/aromatic N) is 2. The first-order chi connectivity index (χ1) is 12.9. The zero-order valence-electron chi connectivity index (χ0n) is 15.5. The molecule has 3 rings (SSSR count). The Morgan fingerprint density at radius 2 is 1.81 bits per heavy atom. The van der Waals surface area contributed by atoms with Gasteiger partial charge < -0.3 is 9.64 Å². The Kier molecular flexibility index (Phi) is 6.54. The zero-order valence-corrected chi connectivity index (χ0v) is 17.1. The Balaban J connectivity index is 1.44. The van der Waals surface area contributed by atoms with Crippen LogP contribution in [0.3, 0.4) is 0 Å². The number of hydrogen-bond acceptors (Lipinski definition) is 6. The molecule has 1 aromatic heterocycles. The minimum Gasteiger partial charge on any atom is -0.455 e. The summed E-state index contributed by atoms with van der Waals surface area (Å²) in [4.78, 5) is 26.2. The van der Waals surface area contributed by atoms with Gasteiger partial charge in [0.2, 0.25) is 0 Å². The van der Waals surface area contributed by atoms with E-state index in [2.05, 4.69) is 6.92 Å². The predicted octanol–water partition coefficient (Wildman–Crippen LogP) is 1.95. The van der Waals surface area contributed by atoms with Crippen molar-refractivity contribution in [3.63, 3.8) is 0 Å². The van der Waals surface area contributed by atoms with Crippen molar-refractivity contribution < 1.29 is 22.7 Å². The van der Waals surface area contributed by atoms with Gasteiger partial charge in [-0.3, -0.25) is 9.59 Å². The van der Waals surface area contributed by atoms with Gasteiger partial charge in [-0.05, 0) is 43.0 Å². The van der Waals surface area contributed by atoms with Crippen LogP contribution in [0.2, 0.25) is 0 Å². The molecule has 1 aromatic rings. The maximum Gasteiger partial charge on any atom is 0.309 e. The maximum absolute atomic E-state index is 12.5. The van der Waals surface area contributed by atoms with Gasteiger partial charge in [-0.25, -0.2) is 8.42 Å². The molecule has 0 saturated carbocycles. The minimum atomic E-state index is -3.47. The number of esters is 1. The summed E-state index contributed by atoms with van der Waals surface area (Å²) in [6, 6.07) is 3.30. The van der Waals surface area contributed by atoms with E-state index in [0.717, 1.165) is 25.9 Å². The van der Waals surface area contributed by atoms with Gasteiger partial charge in [-0.15, -0.1) is 11.3 Å². The highest BCUT2D eigenvalue weighted by molar-refractivity contribution is 7.91. The molecule has 0 aromatic carbocycles. The molecule has 7 nitrogen and oxygen atoms in total. The molecule has 2 aliphatic heterocycles. The van der Waals surface area contributed by atoms with Gasteiger partial charge in [-0.2, -0.15) is 4.31 Å². The fourth-order valence-corrected chi connectivity index (χ4v) is 6.08. The van der Waals surface area contributed by atoms with Crippen LogP contribution < -0.4 is 0 Å². The van der Waals surface area contributed by atoms with E-state index in [0.29, 0.717) is 23.0 Å². The summed E-state index contributed by atoms with van der Waals surface area (Å²) in [7, 11) is -3.47. The van der Waals surface area contributed by atoms with Gasteiger partial charge in [0, 0.05) is 26.2 Å². The fraction of sp³-hybridized carbons (Fsp3) is 0.667. The summed E-state index contributed by atoms with van der Waals surface area (Å²) >= 11 is 1.19. The van der Waals surface area contributed by atoms with Crippen LogP contribution in [0.15, 0.2) is 21.7 Å². The maximum atomic E-state index is 12.5. The van der Waals surface area contributed by atoms with Crippen LogP contribution in [0.1, 0.15) is 32.6 Å². The molecule has 0 unspecified atom stereocenters. The number of piperidine rings is 2. The second-order valence-corrected chi connectivity index (χ2v) is 10.4. The number of carbonyl (C=O) groups excluding carboxylic acids is 2. The lowest BCUT2D eigenvalue weighted by molar-refractivity contribution is -0.157. The van der Waals surface area contributed by atoms with Crippen LogP contribution >= 0.6 is 11.3 Å². The van der Waals surface area contributed by atoms with Gasteiger partial charge in [0.15, 0.2) is 6.61 Å². The molecule has 0 aliphatic carbocycles. The van der Waals surface area contributed by atoms with Gasteiger partial charge in [0.1, 0.15) is 4.21 Å². The molecule has 0 spiro atoms. The van der Waals surface area contributed by atoms with Gasteiger partial charge in [0.05, 0.1) is 5.92 Å². The van der Waals surface area contributed by atoms with Gasteiger partial charge in [-0.1, -0.05) is 13.0 Å². The lowest BCUT2D eigenvalue weighted by Crippen LogP contribution is -2.42. The summed E-state index contributed by atoms with van der Waals surface area (Å²) in [5, 5.41) is 1.73. The van der Waals surface area contributed by atoms with Crippen molar-refractivity contribution in [3.8, 4) is 0 Å². The van der Waals surface area contributed by atoms with Crippen molar-refractivity contribution in [2.45, 2.75) is 36.8 Å². The highest BCUT2D eigenvalue weighted by atomic mass is 32.2. The molecular weight excluding hydrogens is 388 g/mol. The van der Waals surface area contributed by atoms with E-state index >= 15 is 0 Å². The normalized spacial score (nSPS) is 20.6. The largest absolute Gasteiger partial charge is 0.455 e. The third-order valence-electron chi connectivity index (χ3n) is 5.35. The molecule has 9 heteroatoms. The molecular formula is C18H26N2O5S2. The van der Waals surface area contributed by atoms with Gasteiger partial charge >= 0.3 is 5.97 Å². The molecule has 2 aliphatic rings. The van der Waals surface area contributed by atoms with Crippen LogP contribution in [0.5, 0.6) is 0 Å². The third-order valence-corrected chi connectivity index (χ3v) is 8.62. The van der Waals surface area contributed by atoms with E-state index in [4.69, 9.17) is 4.74 Å². The quantitative estimate of drug-likeness (QED) is 0.688. The number of carbonyl (C=O) groups is 2. The first-order valence-corrected chi connectivity index (χ1v) is 11.7. The SMILES string of the molecule is CC1CCN(C(=O)COC(=O)C2CCN(S(=O)(=O)c3cccs3)CC2)CC1. The van der Waals surface area contributed by atoms with Crippen molar-refractivity contribution >= 4 is 33.2 Å². The number of thiophene rings is 1. The minimum absolute atomic E-state index is 0.145. The standard InChI is InChI=1S/C18H26N2O5S2/c1-14-4-8-19(9-5-14)16(21)13-25-18(22)15-6-10-20(11-7-15)27(23,24)17-3-2-12-26-17/h2-3,12,14-15H,4-11,13H2,1H3. The van der Waals surface area contributed by atoms with Crippen LogP contribution in [0, 0.1) is 11.8 Å². The van der Waals surface area contributed by atoms with E-state index in [1.165, 1.54) is 15.6 Å². The topological polar surface area (TPSA) is 84.0 Å². The zero-order chi connectivity index (χ0) is 19.4. The number of sulfonamides is 1. The lowest BCUT2D eigenvalue weighted by Gasteiger charge is -2.31. The second-order valence-electron chi connectivity index (χ2n) is 7.28. The third kappa shape index (κ3) is 4.89. The molecule has 2 fully saturated rings. The van der Waals surface area contributed by atoms with Crippen molar-refractivity contribution in [1.29, 1.82) is 0 Å². The Labute approximate surface area is 164 Å². The lowest BCUT2D eigenvalue weighted by atomic mass is 9.98. The Hall–Kier alpha value is -1.45. The molecule has 0 N–H and O–H groups in total. The fourth-order valence-electron chi connectivity index (χ4n) is 3.47. The van der Waals surface area contributed by atoms with E-state index in [1.807, 2.05) is 0 Å². The van der Waals surface area contributed by atoms with E-state index in [1.54, 1.807) is 22.4 Å². The number of rotatable bonds is 5. The average Bonchev–Trinajstić information content (AvgIpc) is 3.22. The van der Waals surface area contributed by atoms with Crippen molar-refractivity contribution in [2.75, 3.05) is 32.8 Å². The number of ether oxygens (including phenoxy) is 1. The van der Waals surface area contributed by atoms with Crippen molar-refractivity contribution in [2.24, 2.45) is 11.8 Å². The first kappa shape index (κ1) is 20.3. The smallest absolute Gasteiger partial charge is 0.309 e. The van der Waals surface area contributed by atoms with Crippen LogP contribution in [0.4, 0.5) is 0 Å². The van der Waals surface area contributed by atoms with E-state index < -0.39 is 16.0 Å². The second kappa shape index (κ2) is 8.70. The molecule has 2 saturated heterocycles.